The zero-order valence-corrected chi connectivity index (χ0v) is 15.1. The molecule has 3 aromatic rings. The Balaban J connectivity index is 1.53. The minimum atomic E-state index is -0.411. The first-order valence-electron chi connectivity index (χ1n) is 8.70. The zero-order chi connectivity index (χ0) is 19.9. The van der Waals surface area contributed by atoms with E-state index in [0.717, 1.165) is 0 Å². The highest BCUT2D eigenvalue weighted by atomic mass is 19.1. The quantitative estimate of drug-likeness (QED) is 0.626. The number of aryl methyl sites for hydroxylation is 1. The van der Waals surface area contributed by atoms with E-state index < -0.39 is 11.8 Å². The summed E-state index contributed by atoms with van der Waals surface area (Å²) < 4.78 is 23.3. The number of hydrogen-bond donors (Lipinski definition) is 1. The minimum Gasteiger partial charge on any atom is -0.462 e. The largest absolute Gasteiger partial charge is 0.462 e. The number of anilines is 1. The highest BCUT2D eigenvalue weighted by Gasteiger charge is 2.12. The smallest absolute Gasteiger partial charge is 0.338 e. The molecule has 28 heavy (non-hydrogen) atoms. The van der Waals surface area contributed by atoms with Gasteiger partial charge < -0.3 is 14.6 Å². The molecule has 144 valence electrons. The Bertz CT molecular complexity index is 970. The molecule has 0 saturated heterocycles. The van der Waals surface area contributed by atoms with Crippen molar-refractivity contribution in [3.05, 3.63) is 65.8 Å². The molecule has 7 nitrogen and oxygen atoms in total. The van der Waals surface area contributed by atoms with Crippen LogP contribution in [0.25, 0.3) is 11.4 Å². The van der Waals surface area contributed by atoms with Gasteiger partial charge in [0.2, 0.25) is 17.6 Å². The lowest BCUT2D eigenvalue weighted by molar-refractivity contribution is -0.116. The van der Waals surface area contributed by atoms with E-state index in [2.05, 4.69) is 15.5 Å². The number of hydrogen-bond acceptors (Lipinski definition) is 6. The highest BCUT2D eigenvalue weighted by molar-refractivity contribution is 5.93. The van der Waals surface area contributed by atoms with E-state index in [1.54, 1.807) is 43.3 Å². The average molecular weight is 383 g/mol. The number of benzene rings is 2. The van der Waals surface area contributed by atoms with Crippen LogP contribution in [0.3, 0.4) is 0 Å². The summed E-state index contributed by atoms with van der Waals surface area (Å²) in [6, 6.07) is 12.3. The molecule has 0 aliphatic rings. The van der Waals surface area contributed by atoms with Gasteiger partial charge in [-0.15, -0.1) is 0 Å². The molecule has 0 atom stereocenters. The number of nitrogens with zero attached hydrogens (tertiary/aromatic N) is 2. The predicted octanol–water partition coefficient (Wildman–Crippen LogP) is 3.62. The summed E-state index contributed by atoms with van der Waals surface area (Å²) in [5.74, 6) is -0.492. The van der Waals surface area contributed by atoms with Crippen molar-refractivity contribution in [3.63, 3.8) is 0 Å². The lowest BCUT2D eigenvalue weighted by atomic mass is 10.2. The fourth-order valence-electron chi connectivity index (χ4n) is 2.45. The summed E-state index contributed by atoms with van der Waals surface area (Å²) in [4.78, 5) is 27.9. The third-order valence-electron chi connectivity index (χ3n) is 3.80. The van der Waals surface area contributed by atoms with Gasteiger partial charge in [0.15, 0.2) is 0 Å². The van der Waals surface area contributed by atoms with Crippen molar-refractivity contribution >= 4 is 17.6 Å². The lowest BCUT2D eigenvalue weighted by Crippen LogP contribution is -2.12. The minimum absolute atomic E-state index is 0.129. The molecule has 8 heteroatoms. The summed E-state index contributed by atoms with van der Waals surface area (Å²) in [6.45, 7) is 2.03. The number of carbonyl (C=O) groups is 2. The van der Waals surface area contributed by atoms with E-state index in [9.17, 15) is 14.0 Å². The number of esters is 1. The number of rotatable bonds is 7. The van der Waals surface area contributed by atoms with Crippen molar-refractivity contribution < 1.29 is 23.2 Å². The summed E-state index contributed by atoms with van der Waals surface area (Å²) in [7, 11) is 0. The molecule has 1 heterocycles. The van der Waals surface area contributed by atoms with Crippen LogP contribution >= 0.6 is 0 Å². The molecular weight excluding hydrogens is 365 g/mol. The normalized spacial score (nSPS) is 10.5. The predicted molar refractivity (Wildman–Crippen MR) is 99.0 cm³/mol. The van der Waals surface area contributed by atoms with E-state index in [0.29, 0.717) is 23.4 Å². The van der Waals surface area contributed by atoms with Gasteiger partial charge in [-0.05, 0) is 43.3 Å². The van der Waals surface area contributed by atoms with Crippen LogP contribution in [0.15, 0.2) is 53.1 Å². The van der Waals surface area contributed by atoms with Crippen LogP contribution in [0.5, 0.6) is 0 Å². The van der Waals surface area contributed by atoms with Crippen LogP contribution < -0.4 is 5.32 Å². The summed E-state index contributed by atoms with van der Waals surface area (Å²) >= 11 is 0. The molecule has 0 aliphatic heterocycles. The molecule has 0 fully saturated rings. The van der Waals surface area contributed by atoms with Crippen LogP contribution in [0, 0.1) is 5.82 Å². The molecule has 0 saturated carbocycles. The maximum absolute atomic E-state index is 13.3. The van der Waals surface area contributed by atoms with Crippen molar-refractivity contribution in [1.29, 1.82) is 0 Å². The summed E-state index contributed by atoms with van der Waals surface area (Å²) in [5.41, 5.74) is 1.47. The third-order valence-corrected chi connectivity index (χ3v) is 3.80. The van der Waals surface area contributed by atoms with Gasteiger partial charge >= 0.3 is 5.97 Å². The van der Waals surface area contributed by atoms with Crippen LogP contribution in [0.4, 0.5) is 10.1 Å². The van der Waals surface area contributed by atoms with Crippen molar-refractivity contribution in [2.75, 3.05) is 11.9 Å². The van der Waals surface area contributed by atoms with Gasteiger partial charge in [-0.1, -0.05) is 17.3 Å². The molecule has 1 aromatic heterocycles. The van der Waals surface area contributed by atoms with Crippen LogP contribution in [0.2, 0.25) is 0 Å². The topological polar surface area (TPSA) is 94.3 Å². The summed E-state index contributed by atoms with van der Waals surface area (Å²) in [5, 5.41) is 6.53. The third kappa shape index (κ3) is 5.00. The number of aromatic nitrogens is 2. The second-order valence-electron chi connectivity index (χ2n) is 5.87. The molecular formula is C20H18FN3O4. The molecule has 0 radical (unpaired) electrons. The Kier molecular flexibility index (Phi) is 6.11. The molecule has 0 bridgehead atoms. The zero-order valence-electron chi connectivity index (χ0n) is 15.1. The van der Waals surface area contributed by atoms with Gasteiger partial charge in [-0.25, -0.2) is 9.18 Å². The maximum atomic E-state index is 13.3. The van der Waals surface area contributed by atoms with Crippen molar-refractivity contribution in [3.8, 4) is 11.4 Å². The van der Waals surface area contributed by atoms with Gasteiger partial charge in [0.05, 0.1) is 12.2 Å². The molecule has 1 N–H and O–H groups in total. The van der Waals surface area contributed by atoms with Gasteiger partial charge in [0.1, 0.15) is 5.82 Å². The fraction of sp³-hybridized carbons (Fsp3) is 0.200. The molecule has 0 aliphatic carbocycles. The van der Waals surface area contributed by atoms with Gasteiger partial charge in [-0.2, -0.15) is 4.98 Å². The van der Waals surface area contributed by atoms with E-state index in [1.807, 2.05) is 0 Å². The van der Waals surface area contributed by atoms with E-state index in [1.165, 1.54) is 12.1 Å². The Labute approximate surface area is 160 Å². The van der Waals surface area contributed by atoms with E-state index >= 15 is 0 Å². The highest BCUT2D eigenvalue weighted by Crippen LogP contribution is 2.17. The number of nitrogens with one attached hydrogen (secondary N) is 1. The van der Waals surface area contributed by atoms with Gasteiger partial charge in [0, 0.05) is 24.1 Å². The Morgan fingerprint density at radius 1 is 1.18 bits per heavy atom. The average Bonchev–Trinajstić information content (AvgIpc) is 3.16. The van der Waals surface area contributed by atoms with E-state index in [4.69, 9.17) is 9.26 Å². The molecule has 2 aromatic carbocycles. The molecule has 1 amide bonds. The summed E-state index contributed by atoms with van der Waals surface area (Å²) in [6.07, 6.45) is 0.374. The molecule has 0 unspecified atom stereocenters. The maximum Gasteiger partial charge on any atom is 0.338 e. The first kappa shape index (κ1) is 19.2. The van der Waals surface area contributed by atoms with Crippen molar-refractivity contribution in [1.82, 2.24) is 10.1 Å². The second kappa shape index (κ2) is 8.90. The molecule has 3 rings (SSSR count). The monoisotopic (exact) mass is 383 g/mol. The number of carbonyl (C=O) groups excluding carboxylic acids is 2. The Morgan fingerprint density at radius 2 is 1.96 bits per heavy atom. The van der Waals surface area contributed by atoms with E-state index in [-0.39, 0.29) is 30.5 Å². The number of halogens is 1. The standard InChI is InChI=1S/C20H18FN3O4/c1-2-27-20(26)13-6-8-16(9-7-13)22-17(25)10-11-18-23-19(24-28-18)14-4-3-5-15(21)12-14/h3-9,12H,2,10-11H2,1H3,(H,22,25). The van der Waals surface area contributed by atoms with Crippen molar-refractivity contribution in [2.45, 2.75) is 19.8 Å². The first-order valence-corrected chi connectivity index (χ1v) is 8.70. The fourth-order valence-corrected chi connectivity index (χ4v) is 2.45. The first-order chi connectivity index (χ1) is 13.5. The lowest BCUT2D eigenvalue weighted by Gasteiger charge is -2.06. The Hall–Kier alpha value is -3.55. The van der Waals surface area contributed by atoms with Gasteiger partial charge in [0.25, 0.3) is 0 Å². The van der Waals surface area contributed by atoms with Gasteiger partial charge in [-0.3, -0.25) is 4.79 Å². The number of amides is 1. The van der Waals surface area contributed by atoms with Crippen LogP contribution in [-0.4, -0.2) is 28.6 Å². The van der Waals surface area contributed by atoms with Crippen LogP contribution in [-0.2, 0) is 16.0 Å². The second-order valence-corrected chi connectivity index (χ2v) is 5.87. The SMILES string of the molecule is CCOC(=O)c1ccc(NC(=O)CCc2nc(-c3cccc(F)c3)no2)cc1. The van der Waals surface area contributed by atoms with Crippen LogP contribution in [0.1, 0.15) is 29.6 Å². The Morgan fingerprint density at radius 3 is 2.68 bits per heavy atom. The van der Waals surface area contributed by atoms with Crippen molar-refractivity contribution in [2.24, 2.45) is 0 Å². The number of ether oxygens (including phenoxy) is 1. The molecule has 0 spiro atoms.